The van der Waals surface area contributed by atoms with E-state index in [2.05, 4.69) is 38.3 Å². The number of ether oxygens (including phenoxy) is 1. The molecule has 1 atom stereocenters. The van der Waals surface area contributed by atoms with E-state index in [1.807, 2.05) is 25.2 Å². The summed E-state index contributed by atoms with van der Waals surface area (Å²) in [5, 5.41) is 7.12. The average Bonchev–Trinajstić information content (AvgIpc) is 2.86. The highest BCUT2D eigenvalue weighted by molar-refractivity contribution is 9.10. The fraction of sp³-hybridized carbons (Fsp3) is 0.385. The van der Waals surface area contributed by atoms with Gasteiger partial charge < -0.3 is 14.6 Å². The highest BCUT2D eigenvalue weighted by Crippen LogP contribution is 2.31. The molecule has 20 heavy (non-hydrogen) atoms. The lowest BCUT2D eigenvalue weighted by Crippen LogP contribution is -2.24. The van der Waals surface area contributed by atoms with Crippen LogP contribution in [-0.4, -0.2) is 30.3 Å². The molecule has 2 aromatic rings. The van der Waals surface area contributed by atoms with Crippen LogP contribution in [0.5, 0.6) is 5.75 Å². The summed E-state index contributed by atoms with van der Waals surface area (Å²) in [7, 11) is 3.52. The predicted octanol–water partition coefficient (Wildman–Crippen LogP) is 3.08. The fourth-order valence-electron chi connectivity index (χ4n) is 1.66. The van der Waals surface area contributed by atoms with Gasteiger partial charge in [-0.05, 0) is 32.2 Å². The number of halogens is 2. The average molecular weight is 363 g/mol. The third-order valence-corrected chi connectivity index (χ3v) is 3.34. The zero-order valence-electron chi connectivity index (χ0n) is 11.5. The smallest absolute Gasteiger partial charge is 0.261 e. The number of nitrogens with zero attached hydrogens (tertiary/aromatic N) is 2. The van der Waals surface area contributed by atoms with Gasteiger partial charge in [-0.1, -0.05) is 21.1 Å². The molecule has 110 valence electrons. The van der Waals surface area contributed by atoms with E-state index in [-0.39, 0.29) is 12.4 Å². The molecule has 1 unspecified atom stereocenters. The van der Waals surface area contributed by atoms with Crippen molar-refractivity contribution in [1.29, 1.82) is 0 Å². The molecular formula is C13H17BrClN3O2. The van der Waals surface area contributed by atoms with Gasteiger partial charge in [-0.2, -0.15) is 4.98 Å². The van der Waals surface area contributed by atoms with E-state index in [0.29, 0.717) is 23.5 Å². The number of aromatic nitrogens is 2. The van der Waals surface area contributed by atoms with Crippen LogP contribution in [-0.2, 0) is 6.42 Å². The Kier molecular flexibility index (Phi) is 6.45. The fourth-order valence-corrected chi connectivity index (χ4v) is 2.00. The number of benzene rings is 1. The van der Waals surface area contributed by atoms with E-state index >= 15 is 0 Å². The molecular weight excluding hydrogens is 346 g/mol. The Balaban J connectivity index is 0.00000200. The Morgan fingerprint density at radius 1 is 1.45 bits per heavy atom. The zero-order chi connectivity index (χ0) is 13.8. The maximum Gasteiger partial charge on any atom is 0.261 e. The number of hydrogen-bond acceptors (Lipinski definition) is 5. The first-order chi connectivity index (χ1) is 9.13. The number of likely N-dealkylation sites (N-methyl/N-ethyl adjacent to an activating group) is 1. The molecule has 5 nitrogen and oxygen atoms in total. The van der Waals surface area contributed by atoms with Gasteiger partial charge in [0.25, 0.3) is 5.89 Å². The Morgan fingerprint density at radius 2 is 2.20 bits per heavy atom. The summed E-state index contributed by atoms with van der Waals surface area (Å²) in [6.45, 7) is 2.07. The van der Waals surface area contributed by atoms with Crippen LogP contribution < -0.4 is 10.1 Å². The molecule has 1 N–H and O–H groups in total. The van der Waals surface area contributed by atoms with Gasteiger partial charge in [0, 0.05) is 16.9 Å². The van der Waals surface area contributed by atoms with Crippen molar-refractivity contribution in [3.8, 4) is 17.2 Å². The predicted molar refractivity (Wildman–Crippen MR) is 83.5 cm³/mol. The van der Waals surface area contributed by atoms with Gasteiger partial charge in [-0.15, -0.1) is 12.4 Å². The van der Waals surface area contributed by atoms with Crippen LogP contribution in [0, 0.1) is 0 Å². The minimum Gasteiger partial charge on any atom is -0.496 e. The van der Waals surface area contributed by atoms with Crippen molar-refractivity contribution in [2.24, 2.45) is 0 Å². The van der Waals surface area contributed by atoms with Crippen molar-refractivity contribution in [2.75, 3.05) is 14.2 Å². The lowest BCUT2D eigenvalue weighted by atomic mass is 10.2. The SMILES string of the molecule is CNC(C)Cc1noc(-c2ccc(Br)cc2OC)n1.Cl. The van der Waals surface area contributed by atoms with Crippen LogP contribution in [0.25, 0.3) is 11.5 Å². The molecule has 0 aliphatic carbocycles. The minimum absolute atomic E-state index is 0. The van der Waals surface area contributed by atoms with Crippen LogP contribution in [0.2, 0.25) is 0 Å². The summed E-state index contributed by atoms with van der Waals surface area (Å²) in [5.74, 6) is 1.86. The highest BCUT2D eigenvalue weighted by atomic mass is 79.9. The standard InChI is InChI=1S/C13H16BrN3O2.ClH/c1-8(15-2)6-12-16-13(19-17-12)10-5-4-9(14)7-11(10)18-3;/h4-5,7-8,15H,6H2,1-3H3;1H. The molecule has 1 aromatic heterocycles. The highest BCUT2D eigenvalue weighted by Gasteiger charge is 2.15. The molecule has 2 rings (SSSR count). The quantitative estimate of drug-likeness (QED) is 0.885. The monoisotopic (exact) mass is 361 g/mol. The van der Waals surface area contributed by atoms with Crippen LogP contribution in [0.15, 0.2) is 27.2 Å². The number of hydrogen-bond donors (Lipinski definition) is 1. The molecule has 0 bridgehead atoms. The third kappa shape index (κ3) is 3.94. The molecule has 0 fully saturated rings. The third-order valence-electron chi connectivity index (χ3n) is 2.84. The lowest BCUT2D eigenvalue weighted by Gasteiger charge is -2.05. The van der Waals surface area contributed by atoms with E-state index < -0.39 is 0 Å². The van der Waals surface area contributed by atoms with Crippen molar-refractivity contribution in [3.05, 3.63) is 28.5 Å². The summed E-state index contributed by atoms with van der Waals surface area (Å²) in [4.78, 5) is 4.39. The van der Waals surface area contributed by atoms with E-state index in [4.69, 9.17) is 9.26 Å². The maximum atomic E-state index is 5.32. The Labute approximate surface area is 132 Å². The van der Waals surface area contributed by atoms with E-state index in [0.717, 1.165) is 16.5 Å². The van der Waals surface area contributed by atoms with Crippen molar-refractivity contribution in [1.82, 2.24) is 15.5 Å². The molecule has 0 saturated carbocycles. The second-order valence-electron chi connectivity index (χ2n) is 4.25. The van der Waals surface area contributed by atoms with Gasteiger partial charge in [0.2, 0.25) is 0 Å². The van der Waals surface area contributed by atoms with E-state index in [1.54, 1.807) is 7.11 Å². The summed E-state index contributed by atoms with van der Waals surface area (Å²) < 4.78 is 11.6. The summed E-state index contributed by atoms with van der Waals surface area (Å²) in [6, 6.07) is 5.98. The molecule has 0 radical (unpaired) electrons. The van der Waals surface area contributed by atoms with Crippen molar-refractivity contribution < 1.29 is 9.26 Å². The molecule has 0 aliphatic rings. The molecule has 0 aliphatic heterocycles. The molecule has 0 amide bonds. The lowest BCUT2D eigenvalue weighted by molar-refractivity contribution is 0.401. The van der Waals surface area contributed by atoms with Gasteiger partial charge in [-0.3, -0.25) is 0 Å². The molecule has 0 saturated heterocycles. The first-order valence-corrected chi connectivity index (χ1v) is 6.77. The molecule has 1 aromatic carbocycles. The number of methoxy groups -OCH3 is 1. The second-order valence-corrected chi connectivity index (χ2v) is 5.17. The molecule has 7 heteroatoms. The van der Waals surface area contributed by atoms with E-state index in [9.17, 15) is 0 Å². The van der Waals surface area contributed by atoms with Crippen molar-refractivity contribution >= 4 is 28.3 Å². The molecule has 0 spiro atoms. The first kappa shape index (κ1) is 16.9. The van der Waals surface area contributed by atoms with Crippen molar-refractivity contribution in [2.45, 2.75) is 19.4 Å². The van der Waals surface area contributed by atoms with Gasteiger partial charge in [0.1, 0.15) is 5.75 Å². The maximum absolute atomic E-state index is 5.32. The summed E-state index contributed by atoms with van der Waals surface area (Å²) in [5.41, 5.74) is 0.793. The van der Waals surface area contributed by atoms with Gasteiger partial charge in [-0.25, -0.2) is 0 Å². The number of nitrogens with one attached hydrogen (secondary N) is 1. The van der Waals surface area contributed by atoms with Gasteiger partial charge in [0.15, 0.2) is 5.82 Å². The van der Waals surface area contributed by atoms with Crippen LogP contribution in [0.3, 0.4) is 0 Å². The van der Waals surface area contributed by atoms with Gasteiger partial charge in [0.05, 0.1) is 12.7 Å². The number of rotatable bonds is 5. The normalized spacial score (nSPS) is 11.8. The van der Waals surface area contributed by atoms with Crippen LogP contribution in [0.1, 0.15) is 12.7 Å². The molecule has 1 heterocycles. The van der Waals surface area contributed by atoms with E-state index in [1.165, 1.54) is 0 Å². The summed E-state index contributed by atoms with van der Waals surface area (Å²) in [6.07, 6.45) is 0.721. The largest absolute Gasteiger partial charge is 0.496 e. The summed E-state index contributed by atoms with van der Waals surface area (Å²) >= 11 is 3.40. The topological polar surface area (TPSA) is 60.2 Å². The Hall–Kier alpha value is -1.11. The minimum atomic E-state index is 0. The Bertz CT molecular complexity index is 562. The van der Waals surface area contributed by atoms with Gasteiger partial charge >= 0.3 is 0 Å². The van der Waals surface area contributed by atoms with Crippen LogP contribution >= 0.6 is 28.3 Å². The van der Waals surface area contributed by atoms with Crippen molar-refractivity contribution in [3.63, 3.8) is 0 Å². The second kappa shape index (κ2) is 7.61. The Morgan fingerprint density at radius 3 is 2.85 bits per heavy atom. The zero-order valence-corrected chi connectivity index (χ0v) is 13.9. The first-order valence-electron chi connectivity index (χ1n) is 5.97. The van der Waals surface area contributed by atoms with Crippen LogP contribution in [0.4, 0.5) is 0 Å².